The molecular formula is C16H16BrF6N5. The summed E-state index contributed by atoms with van der Waals surface area (Å²) in [6.45, 7) is 0.800. The molecule has 0 aliphatic heterocycles. The van der Waals surface area contributed by atoms with Crippen LogP contribution in [0.4, 0.5) is 43.8 Å². The van der Waals surface area contributed by atoms with Crippen molar-refractivity contribution in [3.05, 3.63) is 40.0 Å². The highest BCUT2D eigenvalue weighted by molar-refractivity contribution is 9.10. The Bertz CT molecular complexity index is 822. The zero-order valence-corrected chi connectivity index (χ0v) is 16.3. The maximum absolute atomic E-state index is 13.1. The molecule has 0 saturated heterocycles. The molecule has 1 aromatic heterocycles. The second-order valence-corrected chi connectivity index (χ2v) is 6.86. The number of aromatic nitrogens is 2. The molecule has 0 fully saturated rings. The Balaban J connectivity index is 2.34. The molecule has 2 N–H and O–H groups in total. The number of benzene rings is 1. The SMILES string of the molecule is CN(C)CCNc1nc(Nc2ccc(Br)c(C(F)(F)F)c2)cc(C(F)(F)F)n1. The summed E-state index contributed by atoms with van der Waals surface area (Å²) in [5.41, 5.74) is -2.25. The summed E-state index contributed by atoms with van der Waals surface area (Å²) in [5.74, 6) is -0.572. The van der Waals surface area contributed by atoms with E-state index in [9.17, 15) is 26.3 Å². The second kappa shape index (κ2) is 8.52. The van der Waals surface area contributed by atoms with Gasteiger partial charge in [0.25, 0.3) is 0 Å². The predicted octanol–water partition coefficient (Wildman–Crippen LogP) is 4.99. The number of anilines is 3. The molecule has 1 aromatic carbocycles. The van der Waals surface area contributed by atoms with Gasteiger partial charge in [0.05, 0.1) is 5.56 Å². The Hall–Kier alpha value is -2.08. The largest absolute Gasteiger partial charge is 0.433 e. The first-order valence-electron chi connectivity index (χ1n) is 7.85. The first-order chi connectivity index (χ1) is 12.9. The first kappa shape index (κ1) is 22.2. The van der Waals surface area contributed by atoms with Crippen LogP contribution >= 0.6 is 15.9 Å². The summed E-state index contributed by atoms with van der Waals surface area (Å²) in [6.07, 6.45) is -9.37. The third-order valence-electron chi connectivity index (χ3n) is 3.40. The highest BCUT2D eigenvalue weighted by Gasteiger charge is 2.35. The van der Waals surface area contributed by atoms with E-state index in [2.05, 4.69) is 36.5 Å². The van der Waals surface area contributed by atoms with Crippen LogP contribution < -0.4 is 10.6 Å². The molecule has 5 nitrogen and oxygen atoms in total. The van der Waals surface area contributed by atoms with Crippen LogP contribution in [0.15, 0.2) is 28.7 Å². The minimum Gasteiger partial charge on any atom is -0.353 e. The van der Waals surface area contributed by atoms with Gasteiger partial charge in [-0.05, 0) is 32.3 Å². The Labute approximate surface area is 165 Å². The van der Waals surface area contributed by atoms with E-state index in [1.165, 1.54) is 6.07 Å². The standard InChI is InChI=1S/C16H16BrF6N5/c1-28(2)6-5-24-14-26-12(16(21,22)23)8-13(27-14)25-9-3-4-11(17)10(7-9)15(18,19)20/h3-4,7-8H,5-6H2,1-2H3,(H2,24,25,26,27). The van der Waals surface area contributed by atoms with Crippen molar-refractivity contribution in [2.24, 2.45) is 0 Å². The highest BCUT2D eigenvalue weighted by Crippen LogP contribution is 2.37. The third kappa shape index (κ3) is 6.23. The molecule has 2 aromatic rings. The minimum atomic E-state index is -4.74. The number of likely N-dealkylation sites (N-methyl/N-ethyl adjacent to an activating group) is 1. The molecule has 0 unspecified atom stereocenters. The monoisotopic (exact) mass is 471 g/mol. The lowest BCUT2D eigenvalue weighted by Gasteiger charge is -2.15. The van der Waals surface area contributed by atoms with Gasteiger partial charge in [-0.25, -0.2) is 4.98 Å². The van der Waals surface area contributed by atoms with E-state index < -0.39 is 23.6 Å². The lowest BCUT2D eigenvalue weighted by molar-refractivity contribution is -0.141. The van der Waals surface area contributed by atoms with Crippen molar-refractivity contribution < 1.29 is 26.3 Å². The van der Waals surface area contributed by atoms with E-state index in [1.54, 1.807) is 19.0 Å². The van der Waals surface area contributed by atoms with Gasteiger partial charge in [0.1, 0.15) is 5.82 Å². The van der Waals surface area contributed by atoms with Gasteiger partial charge < -0.3 is 15.5 Å². The molecule has 0 spiro atoms. The lowest BCUT2D eigenvalue weighted by atomic mass is 10.2. The van der Waals surface area contributed by atoms with Gasteiger partial charge in [-0.3, -0.25) is 0 Å². The maximum Gasteiger partial charge on any atom is 0.433 e. The number of hydrogen-bond acceptors (Lipinski definition) is 5. The quantitative estimate of drug-likeness (QED) is 0.581. The Morgan fingerprint density at radius 1 is 1.00 bits per heavy atom. The van der Waals surface area contributed by atoms with Crippen LogP contribution in [0.3, 0.4) is 0 Å². The van der Waals surface area contributed by atoms with E-state index in [4.69, 9.17) is 0 Å². The van der Waals surface area contributed by atoms with Crippen LogP contribution in [0, 0.1) is 0 Å². The number of nitrogens with zero attached hydrogens (tertiary/aromatic N) is 3. The molecular weight excluding hydrogens is 456 g/mol. The summed E-state index contributed by atoms with van der Waals surface area (Å²) in [5, 5.41) is 5.14. The van der Waals surface area contributed by atoms with E-state index in [-0.39, 0.29) is 28.5 Å². The van der Waals surface area contributed by atoms with Gasteiger partial charge in [-0.1, -0.05) is 15.9 Å². The average Bonchev–Trinajstić information content (AvgIpc) is 2.54. The lowest BCUT2D eigenvalue weighted by Crippen LogP contribution is -2.22. The summed E-state index contributed by atoms with van der Waals surface area (Å²) >= 11 is 2.80. The summed E-state index contributed by atoms with van der Waals surface area (Å²) < 4.78 is 78.2. The van der Waals surface area contributed by atoms with Crippen LogP contribution in [-0.4, -0.2) is 42.1 Å². The highest BCUT2D eigenvalue weighted by atomic mass is 79.9. The molecule has 0 aliphatic rings. The second-order valence-electron chi connectivity index (χ2n) is 6.01. The molecule has 2 rings (SSSR count). The minimum absolute atomic E-state index is 0.0680. The van der Waals surface area contributed by atoms with Crippen LogP contribution in [-0.2, 0) is 12.4 Å². The van der Waals surface area contributed by atoms with Gasteiger partial charge in [0, 0.05) is 29.3 Å². The van der Waals surface area contributed by atoms with Gasteiger partial charge >= 0.3 is 12.4 Å². The molecule has 0 amide bonds. The van der Waals surface area contributed by atoms with Crippen molar-refractivity contribution in [1.82, 2.24) is 14.9 Å². The van der Waals surface area contributed by atoms with E-state index >= 15 is 0 Å². The Morgan fingerprint density at radius 2 is 1.68 bits per heavy atom. The number of halogens is 7. The molecule has 0 saturated carbocycles. The first-order valence-corrected chi connectivity index (χ1v) is 8.64. The maximum atomic E-state index is 13.1. The molecule has 0 radical (unpaired) electrons. The molecule has 0 aliphatic carbocycles. The smallest absolute Gasteiger partial charge is 0.353 e. The fourth-order valence-electron chi connectivity index (χ4n) is 2.10. The van der Waals surface area contributed by atoms with Crippen molar-refractivity contribution in [2.75, 3.05) is 37.8 Å². The molecule has 28 heavy (non-hydrogen) atoms. The summed E-state index contributed by atoms with van der Waals surface area (Å²) in [4.78, 5) is 9.14. The van der Waals surface area contributed by atoms with E-state index in [0.717, 1.165) is 12.1 Å². The van der Waals surface area contributed by atoms with E-state index in [1.807, 2.05) is 0 Å². The Morgan fingerprint density at radius 3 is 2.25 bits per heavy atom. The van der Waals surface area contributed by atoms with Crippen LogP contribution in [0.25, 0.3) is 0 Å². The summed E-state index contributed by atoms with van der Waals surface area (Å²) in [6, 6.07) is 3.84. The van der Waals surface area contributed by atoms with Crippen molar-refractivity contribution in [2.45, 2.75) is 12.4 Å². The van der Waals surface area contributed by atoms with Gasteiger partial charge in [-0.2, -0.15) is 31.3 Å². The molecule has 12 heteroatoms. The van der Waals surface area contributed by atoms with Crippen molar-refractivity contribution >= 4 is 33.4 Å². The summed E-state index contributed by atoms with van der Waals surface area (Å²) in [7, 11) is 3.57. The van der Waals surface area contributed by atoms with E-state index in [0.29, 0.717) is 12.6 Å². The number of hydrogen-bond donors (Lipinski definition) is 2. The number of alkyl halides is 6. The van der Waals surface area contributed by atoms with Crippen molar-refractivity contribution in [3.8, 4) is 0 Å². The van der Waals surface area contributed by atoms with Crippen LogP contribution in [0.2, 0.25) is 0 Å². The molecule has 154 valence electrons. The fourth-order valence-corrected chi connectivity index (χ4v) is 2.57. The molecule has 0 atom stereocenters. The van der Waals surface area contributed by atoms with Gasteiger partial charge in [0.15, 0.2) is 5.69 Å². The Kier molecular flexibility index (Phi) is 6.75. The zero-order chi connectivity index (χ0) is 21.1. The van der Waals surface area contributed by atoms with Gasteiger partial charge in [0.2, 0.25) is 5.95 Å². The topological polar surface area (TPSA) is 53.1 Å². The number of nitrogens with one attached hydrogen (secondary N) is 2. The van der Waals surface area contributed by atoms with Gasteiger partial charge in [-0.15, -0.1) is 0 Å². The van der Waals surface area contributed by atoms with Crippen LogP contribution in [0.5, 0.6) is 0 Å². The number of rotatable bonds is 6. The third-order valence-corrected chi connectivity index (χ3v) is 4.09. The normalized spacial score (nSPS) is 12.4. The average molecular weight is 472 g/mol. The van der Waals surface area contributed by atoms with Crippen LogP contribution in [0.1, 0.15) is 11.3 Å². The molecule has 0 bridgehead atoms. The molecule has 1 heterocycles. The van der Waals surface area contributed by atoms with Crippen molar-refractivity contribution in [1.29, 1.82) is 0 Å². The fraction of sp³-hybridized carbons (Fsp3) is 0.375. The predicted molar refractivity (Wildman–Crippen MR) is 96.5 cm³/mol. The zero-order valence-electron chi connectivity index (χ0n) is 14.7. The van der Waals surface area contributed by atoms with Crippen molar-refractivity contribution in [3.63, 3.8) is 0 Å².